The van der Waals surface area contributed by atoms with Crippen molar-refractivity contribution in [3.8, 4) is 11.8 Å². The van der Waals surface area contributed by atoms with E-state index in [9.17, 15) is 4.79 Å². The average molecular weight is 278 g/mol. The van der Waals surface area contributed by atoms with Crippen molar-refractivity contribution < 1.29 is 4.79 Å². The highest BCUT2D eigenvalue weighted by atomic mass is 16.1. The van der Waals surface area contributed by atoms with E-state index in [1.807, 2.05) is 44.2 Å². The van der Waals surface area contributed by atoms with E-state index in [0.717, 1.165) is 22.4 Å². The van der Waals surface area contributed by atoms with Crippen molar-refractivity contribution in [2.24, 2.45) is 5.73 Å². The summed E-state index contributed by atoms with van der Waals surface area (Å²) in [7, 11) is 0. The van der Waals surface area contributed by atoms with Gasteiger partial charge in [0.05, 0.1) is 6.54 Å². The van der Waals surface area contributed by atoms with E-state index in [2.05, 4.69) is 17.2 Å². The van der Waals surface area contributed by atoms with Gasteiger partial charge >= 0.3 is 0 Å². The van der Waals surface area contributed by atoms with Crippen LogP contribution in [0, 0.1) is 25.7 Å². The van der Waals surface area contributed by atoms with Gasteiger partial charge in [-0.3, -0.25) is 4.79 Å². The molecule has 0 heterocycles. The second kappa shape index (κ2) is 6.74. The molecule has 3 nitrogen and oxygen atoms in total. The lowest BCUT2D eigenvalue weighted by molar-refractivity contribution is 0.102. The summed E-state index contributed by atoms with van der Waals surface area (Å²) in [5, 5.41) is 2.96. The third-order valence-corrected chi connectivity index (χ3v) is 3.20. The van der Waals surface area contributed by atoms with E-state index in [4.69, 9.17) is 5.73 Å². The Hall–Kier alpha value is -2.57. The first-order valence-corrected chi connectivity index (χ1v) is 6.78. The molecule has 0 aliphatic heterocycles. The smallest absolute Gasteiger partial charge is 0.255 e. The number of benzene rings is 2. The summed E-state index contributed by atoms with van der Waals surface area (Å²) in [4.78, 5) is 12.3. The highest BCUT2D eigenvalue weighted by molar-refractivity contribution is 6.05. The Bertz CT molecular complexity index is 686. The molecule has 0 fully saturated rings. The number of anilines is 1. The minimum atomic E-state index is -0.120. The van der Waals surface area contributed by atoms with Crippen LogP contribution in [0.3, 0.4) is 0 Å². The molecule has 0 aliphatic rings. The van der Waals surface area contributed by atoms with Gasteiger partial charge < -0.3 is 11.1 Å². The van der Waals surface area contributed by atoms with Crippen molar-refractivity contribution in [2.75, 3.05) is 11.9 Å². The molecule has 0 saturated carbocycles. The third kappa shape index (κ3) is 3.71. The lowest BCUT2D eigenvalue weighted by Gasteiger charge is -2.11. The van der Waals surface area contributed by atoms with Gasteiger partial charge in [-0.15, -0.1) is 0 Å². The summed E-state index contributed by atoms with van der Waals surface area (Å²) < 4.78 is 0. The van der Waals surface area contributed by atoms with Crippen LogP contribution < -0.4 is 11.1 Å². The Labute approximate surface area is 125 Å². The van der Waals surface area contributed by atoms with Crippen molar-refractivity contribution in [3.05, 3.63) is 64.7 Å². The molecule has 2 rings (SSSR count). The van der Waals surface area contributed by atoms with Crippen LogP contribution in [0.5, 0.6) is 0 Å². The van der Waals surface area contributed by atoms with E-state index in [1.165, 1.54) is 0 Å². The van der Waals surface area contributed by atoms with Crippen molar-refractivity contribution in [2.45, 2.75) is 13.8 Å². The standard InChI is InChI=1S/C18H18N2O/c1-13-5-3-6-14(2)17(13)20-18(21)16-10-8-15(9-11-16)7-4-12-19/h3,5-6,8-11H,12,19H2,1-2H3,(H,20,21). The van der Waals surface area contributed by atoms with E-state index in [0.29, 0.717) is 12.1 Å². The Morgan fingerprint density at radius 1 is 1.10 bits per heavy atom. The zero-order chi connectivity index (χ0) is 15.2. The fourth-order valence-corrected chi connectivity index (χ4v) is 2.06. The number of nitrogens with two attached hydrogens (primary N) is 1. The average Bonchev–Trinajstić information content (AvgIpc) is 2.49. The molecule has 0 aliphatic carbocycles. The predicted molar refractivity (Wildman–Crippen MR) is 86.2 cm³/mol. The van der Waals surface area contributed by atoms with Crippen molar-refractivity contribution in [3.63, 3.8) is 0 Å². The second-order valence-corrected chi connectivity index (χ2v) is 4.80. The highest BCUT2D eigenvalue weighted by Gasteiger charge is 2.09. The van der Waals surface area contributed by atoms with Crippen LogP contribution in [0.15, 0.2) is 42.5 Å². The number of amides is 1. The van der Waals surface area contributed by atoms with Crippen LogP contribution in [-0.2, 0) is 0 Å². The Morgan fingerprint density at radius 3 is 2.29 bits per heavy atom. The largest absolute Gasteiger partial charge is 0.322 e. The molecular formula is C18H18N2O. The van der Waals surface area contributed by atoms with Crippen LogP contribution >= 0.6 is 0 Å². The van der Waals surface area contributed by atoms with Gasteiger partial charge in [-0.1, -0.05) is 30.0 Å². The Morgan fingerprint density at radius 2 is 1.71 bits per heavy atom. The van der Waals surface area contributed by atoms with Gasteiger partial charge in [0.1, 0.15) is 0 Å². The zero-order valence-corrected chi connectivity index (χ0v) is 12.2. The van der Waals surface area contributed by atoms with Crippen LogP contribution in [0.25, 0.3) is 0 Å². The quantitative estimate of drug-likeness (QED) is 0.830. The SMILES string of the molecule is Cc1cccc(C)c1NC(=O)c1ccc(C#CCN)cc1. The summed E-state index contributed by atoms with van der Waals surface area (Å²) in [5.41, 5.74) is 9.76. The lowest BCUT2D eigenvalue weighted by atomic mass is 10.1. The molecule has 0 unspecified atom stereocenters. The minimum Gasteiger partial charge on any atom is -0.322 e. The van der Waals surface area contributed by atoms with Gasteiger partial charge in [-0.25, -0.2) is 0 Å². The summed E-state index contributed by atoms with van der Waals surface area (Å²) in [5.74, 6) is 5.60. The number of hydrogen-bond acceptors (Lipinski definition) is 2. The van der Waals surface area contributed by atoms with E-state index < -0.39 is 0 Å². The molecule has 2 aromatic rings. The van der Waals surface area contributed by atoms with Crippen LogP contribution in [-0.4, -0.2) is 12.5 Å². The van der Waals surface area contributed by atoms with Crippen molar-refractivity contribution >= 4 is 11.6 Å². The molecule has 0 spiro atoms. The van der Waals surface area contributed by atoms with E-state index >= 15 is 0 Å². The number of rotatable bonds is 2. The monoisotopic (exact) mass is 278 g/mol. The molecule has 3 heteroatoms. The number of hydrogen-bond donors (Lipinski definition) is 2. The third-order valence-electron chi connectivity index (χ3n) is 3.20. The Kier molecular flexibility index (Phi) is 4.76. The molecule has 2 aromatic carbocycles. The molecule has 0 bridgehead atoms. The van der Waals surface area contributed by atoms with Crippen LogP contribution in [0.2, 0.25) is 0 Å². The molecule has 0 aromatic heterocycles. The van der Waals surface area contributed by atoms with Gasteiger partial charge in [0.15, 0.2) is 0 Å². The second-order valence-electron chi connectivity index (χ2n) is 4.80. The summed E-state index contributed by atoms with van der Waals surface area (Å²) in [6.45, 7) is 4.29. The zero-order valence-electron chi connectivity index (χ0n) is 12.2. The number of carbonyl (C=O) groups is 1. The molecule has 3 N–H and O–H groups in total. The highest BCUT2D eigenvalue weighted by Crippen LogP contribution is 2.20. The minimum absolute atomic E-state index is 0.120. The maximum Gasteiger partial charge on any atom is 0.255 e. The first kappa shape index (κ1) is 14.8. The van der Waals surface area contributed by atoms with Crippen molar-refractivity contribution in [1.29, 1.82) is 0 Å². The van der Waals surface area contributed by atoms with Gasteiger partial charge in [-0.2, -0.15) is 0 Å². The van der Waals surface area contributed by atoms with Crippen LogP contribution in [0.1, 0.15) is 27.0 Å². The fraction of sp³-hybridized carbons (Fsp3) is 0.167. The molecular weight excluding hydrogens is 260 g/mol. The summed E-state index contributed by atoms with van der Waals surface area (Å²) >= 11 is 0. The normalized spacial score (nSPS) is 9.67. The molecule has 106 valence electrons. The molecule has 0 atom stereocenters. The number of carbonyl (C=O) groups excluding carboxylic acids is 1. The molecule has 1 amide bonds. The predicted octanol–water partition coefficient (Wildman–Crippen LogP) is 2.87. The maximum absolute atomic E-state index is 12.3. The van der Waals surface area contributed by atoms with Crippen LogP contribution in [0.4, 0.5) is 5.69 Å². The first-order valence-electron chi connectivity index (χ1n) is 6.78. The molecule has 0 radical (unpaired) electrons. The fourth-order valence-electron chi connectivity index (χ4n) is 2.06. The summed E-state index contributed by atoms with van der Waals surface area (Å²) in [6.07, 6.45) is 0. The Balaban J connectivity index is 2.17. The number of aryl methyl sites for hydroxylation is 2. The first-order chi connectivity index (χ1) is 10.1. The lowest BCUT2D eigenvalue weighted by Crippen LogP contribution is -2.13. The van der Waals surface area contributed by atoms with E-state index in [1.54, 1.807) is 12.1 Å². The van der Waals surface area contributed by atoms with E-state index in [-0.39, 0.29) is 5.91 Å². The maximum atomic E-state index is 12.3. The van der Waals surface area contributed by atoms with Crippen molar-refractivity contribution in [1.82, 2.24) is 0 Å². The molecule has 21 heavy (non-hydrogen) atoms. The number of para-hydroxylation sites is 1. The van der Waals surface area contributed by atoms with Gasteiger partial charge in [-0.05, 0) is 49.2 Å². The van der Waals surface area contributed by atoms with Gasteiger partial charge in [0.2, 0.25) is 0 Å². The molecule has 0 saturated heterocycles. The summed E-state index contributed by atoms with van der Waals surface area (Å²) in [6, 6.07) is 13.1. The topological polar surface area (TPSA) is 55.1 Å². The van der Waals surface area contributed by atoms with Gasteiger partial charge in [0, 0.05) is 16.8 Å². The number of nitrogens with one attached hydrogen (secondary N) is 1. The van der Waals surface area contributed by atoms with Gasteiger partial charge in [0.25, 0.3) is 5.91 Å².